The van der Waals surface area contributed by atoms with Gasteiger partial charge in [0.05, 0.1) is 5.56 Å². The fraction of sp³-hybridized carbons (Fsp3) is 0.368. The van der Waals surface area contributed by atoms with E-state index in [1.807, 2.05) is 24.3 Å². The highest BCUT2D eigenvalue weighted by atomic mass is 32.2. The molecule has 0 aromatic heterocycles. The van der Waals surface area contributed by atoms with Crippen LogP contribution < -0.4 is 15.2 Å². The molecule has 3 nitrogen and oxygen atoms in total. The molecule has 1 aliphatic rings. The Morgan fingerprint density at radius 3 is 2.37 bits per heavy atom. The summed E-state index contributed by atoms with van der Waals surface area (Å²) < 4.78 is 55.6. The van der Waals surface area contributed by atoms with Crippen molar-refractivity contribution in [2.75, 3.05) is 16.6 Å². The van der Waals surface area contributed by atoms with Crippen LogP contribution in [0.5, 0.6) is 0 Å². The van der Waals surface area contributed by atoms with E-state index in [2.05, 4.69) is 23.9 Å². The normalized spacial score (nSPS) is 21.0. The molecule has 2 atom stereocenters. The van der Waals surface area contributed by atoms with Crippen LogP contribution in [-0.4, -0.2) is 6.54 Å². The van der Waals surface area contributed by atoms with Crippen LogP contribution in [0.1, 0.15) is 30.9 Å². The Balaban J connectivity index is 1.72. The molecule has 8 heteroatoms. The second-order valence-corrected chi connectivity index (χ2v) is 7.76. The molecule has 0 spiro atoms. The SMILES string of the molecule is CC1(C)C(CNc2ccc(F)cc2C(F)(F)F)C1c1ccc(NSN)cc1. The van der Waals surface area contributed by atoms with Gasteiger partial charge >= 0.3 is 6.18 Å². The first-order chi connectivity index (χ1) is 12.6. The Hall–Kier alpha value is -1.93. The zero-order valence-corrected chi connectivity index (χ0v) is 15.7. The summed E-state index contributed by atoms with van der Waals surface area (Å²) in [6.07, 6.45) is -4.60. The van der Waals surface area contributed by atoms with E-state index in [1.165, 1.54) is 0 Å². The van der Waals surface area contributed by atoms with Gasteiger partial charge in [-0.05, 0) is 53.1 Å². The molecular weight excluding hydrogens is 378 g/mol. The number of halogens is 4. The van der Waals surface area contributed by atoms with E-state index in [9.17, 15) is 17.6 Å². The highest BCUT2D eigenvalue weighted by molar-refractivity contribution is 7.98. The first kappa shape index (κ1) is 19.8. The zero-order chi connectivity index (χ0) is 19.8. The van der Waals surface area contributed by atoms with Crippen LogP contribution >= 0.6 is 12.1 Å². The first-order valence-corrected chi connectivity index (χ1v) is 9.35. The maximum absolute atomic E-state index is 13.2. The Morgan fingerprint density at radius 1 is 1.11 bits per heavy atom. The molecule has 0 heterocycles. The molecule has 27 heavy (non-hydrogen) atoms. The standard InChI is InChI=1S/C19H21F4N3S/c1-18(2)15(17(18)11-3-6-13(7-4-11)26-27-24)10-25-16-8-5-12(20)9-14(16)19(21,22)23/h3-9,15,17,25-26H,10,24H2,1-2H3. The second-order valence-electron chi connectivity index (χ2n) is 7.32. The number of benzene rings is 2. The van der Waals surface area contributed by atoms with Gasteiger partial charge in [-0.25, -0.2) is 4.39 Å². The lowest BCUT2D eigenvalue weighted by Gasteiger charge is -2.15. The summed E-state index contributed by atoms with van der Waals surface area (Å²) in [4.78, 5) is 0. The van der Waals surface area contributed by atoms with Gasteiger partial charge in [0.1, 0.15) is 5.82 Å². The third-order valence-corrected chi connectivity index (χ3v) is 5.65. The van der Waals surface area contributed by atoms with Crippen LogP contribution in [0.25, 0.3) is 0 Å². The van der Waals surface area contributed by atoms with E-state index < -0.39 is 17.6 Å². The third kappa shape index (κ3) is 4.16. The Kier molecular flexibility index (Phi) is 5.31. The zero-order valence-electron chi connectivity index (χ0n) is 14.9. The quantitative estimate of drug-likeness (QED) is 0.435. The van der Waals surface area contributed by atoms with E-state index in [-0.39, 0.29) is 22.9 Å². The number of anilines is 2. The number of rotatable bonds is 6. The monoisotopic (exact) mass is 399 g/mol. The van der Waals surface area contributed by atoms with Crippen molar-refractivity contribution in [2.24, 2.45) is 16.5 Å². The fourth-order valence-electron chi connectivity index (χ4n) is 3.74. The van der Waals surface area contributed by atoms with Crippen molar-refractivity contribution in [3.63, 3.8) is 0 Å². The van der Waals surface area contributed by atoms with Gasteiger partial charge in [0.2, 0.25) is 0 Å². The van der Waals surface area contributed by atoms with E-state index >= 15 is 0 Å². The van der Waals surface area contributed by atoms with Crippen LogP contribution in [0.3, 0.4) is 0 Å². The van der Waals surface area contributed by atoms with Gasteiger partial charge < -0.3 is 10.0 Å². The summed E-state index contributed by atoms with van der Waals surface area (Å²) in [5.74, 6) is -0.493. The summed E-state index contributed by atoms with van der Waals surface area (Å²) >= 11 is 1.02. The molecule has 0 aliphatic heterocycles. The summed E-state index contributed by atoms with van der Waals surface area (Å²) in [7, 11) is 0. The van der Waals surface area contributed by atoms with Crippen molar-refractivity contribution < 1.29 is 17.6 Å². The second kappa shape index (κ2) is 7.24. The minimum absolute atomic E-state index is 0.0387. The fourth-order valence-corrected chi connectivity index (χ4v) is 4.01. The van der Waals surface area contributed by atoms with Gasteiger partial charge in [-0.15, -0.1) is 0 Å². The van der Waals surface area contributed by atoms with Crippen molar-refractivity contribution in [2.45, 2.75) is 25.9 Å². The van der Waals surface area contributed by atoms with Gasteiger partial charge in [0.15, 0.2) is 0 Å². The average molecular weight is 399 g/mol. The smallest absolute Gasteiger partial charge is 0.384 e. The highest BCUT2D eigenvalue weighted by Crippen LogP contribution is 2.64. The molecule has 0 bridgehead atoms. The molecular formula is C19H21F4N3S. The van der Waals surface area contributed by atoms with Crippen molar-refractivity contribution >= 4 is 23.5 Å². The average Bonchev–Trinajstić information content (AvgIpc) is 3.14. The van der Waals surface area contributed by atoms with Gasteiger partial charge in [0.25, 0.3) is 0 Å². The first-order valence-electron chi connectivity index (χ1n) is 8.47. The molecule has 0 saturated heterocycles. The molecule has 2 unspecified atom stereocenters. The molecule has 4 N–H and O–H groups in total. The molecule has 1 fully saturated rings. The maximum Gasteiger partial charge on any atom is 0.418 e. The summed E-state index contributed by atoms with van der Waals surface area (Å²) in [6, 6.07) is 10.6. The predicted octanol–water partition coefficient (Wildman–Crippen LogP) is 5.63. The van der Waals surface area contributed by atoms with Crippen LogP contribution in [0.4, 0.5) is 28.9 Å². The molecule has 146 valence electrons. The van der Waals surface area contributed by atoms with Crippen molar-refractivity contribution in [1.29, 1.82) is 0 Å². The number of nitrogens with one attached hydrogen (secondary N) is 2. The van der Waals surface area contributed by atoms with Crippen LogP contribution in [-0.2, 0) is 6.18 Å². The van der Waals surface area contributed by atoms with Gasteiger partial charge in [0, 0.05) is 30.1 Å². The van der Waals surface area contributed by atoms with E-state index in [0.29, 0.717) is 12.6 Å². The molecule has 0 radical (unpaired) electrons. The van der Waals surface area contributed by atoms with E-state index in [4.69, 9.17) is 5.14 Å². The number of hydrogen-bond donors (Lipinski definition) is 3. The molecule has 2 aromatic rings. The lowest BCUT2D eigenvalue weighted by Crippen LogP contribution is -2.14. The van der Waals surface area contributed by atoms with Crippen molar-refractivity contribution in [3.05, 3.63) is 59.4 Å². The molecule has 0 amide bonds. The van der Waals surface area contributed by atoms with Crippen LogP contribution in [0.15, 0.2) is 42.5 Å². The molecule has 1 aliphatic carbocycles. The predicted molar refractivity (Wildman–Crippen MR) is 102 cm³/mol. The lowest BCUT2D eigenvalue weighted by atomic mass is 10.0. The number of alkyl halides is 3. The van der Waals surface area contributed by atoms with Gasteiger partial charge in [-0.3, -0.25) is 5.14 Å². The summed E-state index contributed by atoms with van der Waals surface area (Å²) in [5.41, 5.74) is 0.912. The van der Waals surface area contributed by atoms with Crippen molar-refractivity contribution in [3.8, 4) is 0 Å². The maximum atomic E-state index is 13.2. The summed E-state index contributed by atoms with van der Waals surface area (Å²) in [6.45, 7) is 4.58. The topological polar surface area (TPSA) is 50.1 Å². The Morgan fingerprint density at radius 2 is 1.78 bits per heavy atom. The summed E-state index contributed by atoms with van der Waals surface area (Å²) in [5, 5.41) is 8.25. The van der Waals surface area contributed by atoms with Crippen LogP contribution in [0, 0.1) is 17.2 Å². The third-order valence-electron chi connectivity index (χ3n) is 5.30. The number of hydrogen-bond acceptors (Lipinski definition) is 4. The minimum atomic E-state index is -4.60. The van der Waals surface area contributed by atoms with Gasteiger partial charge in [-0.2, -0.15) is 13.2 Å². The van der Waals surface area contributed by atoms with E-state index in [0.717, 1.165) is 35.5 Å². The van der Waals surface area contributed by atoms with Crippen molar-refractivity contribution in [1.82, 2.24) is 0 Å². The largest absolute Gasteiger partial charge is 0.418 e. The Bertz CT molecular complexity index is 806. The highest BCUT2D eigenvalue weighted by Gasteiger charge is 2.57. The van der Waals surface area contributed by atoms with Crippen LogP contribution in [0.2, 0.25) is 0 Å². The molecule has 2 aromatic carbocycles. The van der Waals surface area contributed by atoms with E-state index in [1.54, 1.807) is 0 Å². The molecule has 1 saturated carbocycles. The minimum Gasteiger partial charge on any atom is -0.384 e. The Labute approximate surface area is 160 Å². The number of nitrogens with two attached hydrogens (primary N) is 1. The lowest BCUT2D eigenvalue weighted by molar-refractivity contribution is -0.137. The van der Waals surface area contributed by atoms with Gasteiger partial charge in [-0.1, -0.05) is 26.0 Å². The molecule has 3 rings (SSSR count).